The molecule has 2 heterocycles. The Kier molecular flexibility index (Phi) is 3.65. The van der Waals surface area contributed by atoms with E-state index in [4.69, 9.17) is 9.15 Å². The summed E-state index contributed by atoms with van der Waals surface area (Å²) in [5.41, 5.74) is 2.36. The normalized spacial score (nSPS) is 15.7. The zero-order chi connectivity index (χ0) is 14.9. The molecule has 2 rings (SSSR count). The van der Waals surface area contributed by atoms with Gasteiger partial charge in [-0.25, -0.2) is 9.59 Å². The number of methoxy groups -OCH3 is 1. The molecule has 0 radical (unpaired) electrons. The number of carbonyl (C=O) groups is 2. The zero-order valence-electron chi connectivity index (χ0n) is 11.5. The minimum atomic E-state index is -1.05. The lowest BCUT2D eigenvalue weighted by atomic mass is 9.96. The van der Waals surface area contributed by atoms with Crippen molar-refractivity contribution < 1.29 is 23.8 Å². The van der Waals surface area contributed by atoms with E-state index < -0.39 is 11.9 Å². The van der Waals surface area contributed by atoms with Gasteiger partial charge >= 0.3 is 11.9 Å². The fourth-order valence-electron chi connectivity index (χ4n) is 2.30. The third kappa shape index (κ3) is 2.20. The van der Waals surface area contributed by atoms with Gasteiger partial charge in [-0.1, -0.05) is 0 Å². The molecular weight excluding hydrogens is 262 g/mol. The molecule has 20 heavy (non-hydrogen) atoms. The predicted molar refractivity (Wildman–Crippen MR) is 70.9 cm³/mol. The molecule has 1 aliphatic heterocycles. The highest BCUT2D eigenvalue weighted by Crippen LogP contribution is 2.35. The van der Waals surface area contributed by atoms with Gasteiger partial charge in [0.15, 0.2) is 0 Å². The van der Waals surface area contributed by atoms with Crippen LogP contribution in [0, 0.1) is 0 Å². The van der Waals surface area contributed by atoms with E-state index in [2.05, 4.69) is 0 Å². The second kappa shape index (κ2) is 5.24. The van der Waals surface area contributed by atoms with E-state index in [1.165, 1.54) is 19.6 Å². The lowest BCUT2D eigenvalue weighted by Crippen LogP contribution is -2.29. The number of allylic oxidation sites excluding steroid dienone is 2. The molecule has 0 unspecified atom stereocenters. The number of carboxylic acid groups (broad SMARTS) is 1. The molecule has 6 nitrogen and oxygen atoms in total. The van der Waals surface area contributed by atoms with Crippen molar-refractivity contribution in [1.29, 1.82) is 0 Å². The van der Waals surface area contributed by atoms with Crippen molar-refractivity contribution in [3.8, 4) is 0 Å². The molecule has 1 N–H and O–H groups in total. The smallest absolute Gasteiger partial charge is 0.335 e. The number of nitrogens with zero attached hydrogens (tertiary/aromatic N) is 1. The number of ether oxygens (including phenoxy) is 1. The van der Waals surface area contributed by atoms with E-state index in [1.54, 1.807) is 24.8 Å². The van der Waals surface area contributed by atoms with Crippen molar-refractivity contribution in [1.82, 2.24) is 0 Å². The molecular formula is C14H15NO5. The monoisotopic (exact) mass is 277 g/mol. The van der Waals surface area contributed by atoms with Crippen LogP contribution in [0.3, 0.4) is 0 Å². The summed E-state index contributed by atoms with van der Waals surface area (Å²) in [6.45, 7) is 3.45. The first-order valence-corrected chi connectivity index (χ1v) is 6.00. The highest BCUT2D eigenvalue weighted by atomic mass is 16.5. The van der Waals surface area contributed by atoms with Gasteiger partial charge in [0.2, 0.25) is 0 Å². The van der Waals surface area contributed by atoms with Crippen LogP contribution in [0.4, 0.5) is 5.69 Å². The zero-order valence-corrected chi connectivity index (χ0v) is 11.5. The molecule has 1 aliphatic rings. The van der Waals surface area contributed by atoms with Crippen LogP contribution in [-0.2, 0) is 14.3 Å². The summed E-state index contributed by atoms with van der Waals surface area (Å²) in [6, 6.07) is 1.70. The van der Waals surface area contributed by atoms with Crippen LogP contribution in [-0.4, -0.2) is 24.2 Å². The SMILES string of the molecule is COC(=O)C1=C(C)N(c2ccoc2)C(C)=C(C(=O)O)C1. The number of furan rings is 1. The van der Waals surface area contributed by atoms with Gasteiger partial charge in [-0.2, -0.15) is 0 Å². The standard InChI is InChI=1S/C14H15NO5/c1-8-11(13(16)17)6-12(14(18)19-3)9(2)15(8)10-4-5-20-7-10/h4-5,7H,6H2,1-3H3,(H,16,17). The highest BCUT2D eigenvalue weighted by molar-refractivity contribution is 5.97. The average Bonchev–Trinajstić information content (AvgIpc) is 2.91. The number of hydrogen-bond donors (Lipinski definition) is 1. The van der Waals surface area contributed by atoms with Crippen LogP contribution in [0.5, 0.6) is 0 Å². The number of esters is 1. The van der Waals surface area contributed by atoms with E-state index in [0.29, 0.717) is 22.7 Å². The fourth-order valence-corrected chi connectivity index (χ4v) is 2.30. The first-order valence-electron chi connectivity index (χ1n) is 6.00. The fraction of sp³-hybridized carbons (Fsp3) is 0.286. The molecule has 1 aromatic heterocycles. The lowest BCUT2D eigenvalue weighted by molar-refractivity contribution is -0.136. The lowest BCUT2D eigenvalue weighted by Gasteiger charge is -2.31. The van der Waals surface area contributed by atoms with E-state index >= 15 is 0 Å². The van der Waals surface area contributed by atoms with Crippen LogP contribution < -0.4 is 4.90 Å². The molecule has 0 bridgehead atoms. The van der Waals surface area contributed by atoms with Gasteiger partial charge in [-0.05, 0) is 13.8 Å². The number of aliphatic carboxylic acids is 1. The van der Waals surface area contributed by atoms with E-state index in [9.17, 15) is 14.7 Å². The Bertz CT molecular complexity index is 610. The molecule has 0 aliphatic carbocycles. The second-order valence-corrected chi connectivity index (χ2v) is 4.42. The predicted octanol–water partition coefficient (Wildman–Crippen LogP) is 2.30. The Balaban J connectivity index is 2.58. The first-order chi connectivity index (χ1) is 9.47. The van der Waals surface area contributed by atoms with Crippen LogP contribution in [0.2, 0.25) is 0 Å². The summed E-state index contributed by atoms with van der Waals surface area (Å²) >= 11 is 0. The molecule has 0 amide bonds. The van der Waals surface area contributed by atoms with Crippen LogP contribution >= 0.6 is 0 Å². The van der Waals surface area contributed by atoms with Gasteiger partial charge < -0.3 is 19.2 Å². The molecule has 0 saturated heterocycles. The second-order valence-electron chi connectivity index (χ2n) is 4.42. The van der Waals surface area contributed by atoms with Crippen molar-refractivity contribution in [2.24, 2.45) is 0 Å². The number of carboxylic acids is 1. The quantitative estimate of drug-likeness (QED) is 0.854. The summed E-state index contributed by atoms with van der Waals surface area (Å²) in [7, 11) is 1.27. The summed E-state index contributed by atoms with van der Waals surface area (Å²) in [6.07, 6.45) is 3.03. The molecule has 0 aromatic carbocycles. The van der Waals surface area contributed by atoms with Gasteiger partial charge in [0.05, 0.1) is 30.2 Å². The van der Waals surface area contributed by atoms with E-state index in [0.717, 1.165) is 0 Å². The van der Waals surface area contributed by atoms with Crippen molar-refractivity contribution in [3.05, 3.63) is 41.1 Å². The van der Waals surface area contributed by atoms with E-state index in [1.807, 2.05) is 0 Å². The van der Waals surface area contributed by atoms with E-state index in [-0.39, 0.29) is 12.0 Å². The highest BCUT2D eigenvalue weighted by Gasteiger charge is 2.31. The maximum absolute atomic E-state index is 11.8. The van der Waals surface area contributed by atoms with Crippen LogP contribution in [0.15, 0.2) is 45.6 Å². The third-order valence-electron chi connectivity index (χ3n) is 3.35. The first kappa shape index (κ1) is 13.9. The Labute approximate surface area is 115 Å². The third-order valence-corrected chi connectivity index (χ3v) is 3.35. The molecule has 106 valence electrons. The summed E-state index contributed by atoms with van der Waals surface area (Å²) < 4.78 is 9.76. The summed E-state index contributed by atoms with van der Waals surface area (Å²) in [5, 5.41) is 9.30. The summed E-state index contributed by atoms with van der Waals surface area (Å²) in [5.74, 6) is -1.58. The van der Waals surface area contributed by atoms with Gasteiger partial charge in [0.25, 0.3) is 0 Å². The molecule has 0 spiro atoms. The molecule has 6 heteroatoms. The van der Waals surface area contributed by atoms with Crippen LogP contribution in [0.25, 0.3) is 0 Å². The molecule has 0 atom stereocenters. The molecule has 0 saturated carbocycles. The largest absolute Gasteiger partial charge is 0.478 e. The van der Waals surface area contributed by atoms with Crippen molar-refractivity contribution >= 4 is 17.6 Å². The molecule has 0 fully saturated rings. The number of carbonyl (C=O) groups excluding carboxylic acids is 1. The average molecular weight is 277 g/mol. The maximum atomic E-state index is 11.8. The Morgan fingerprint density at radius 3 is 2.45 bits per heavy atom. The number of anilines is 1. The Morgan fingerprint density at radius 2 is 1.95 bits per heavy atom. The van der Waals surface area contributed by atoms with Crippen molar-refractivity contribution in [2.75, 3.05) is 12.0 Å². The van der Waals surface area contributed by atoms with Crippen LogP contribution in [0.1, 0.15) is 20.3 Å². The summed E-state index contributed by atoms with van der Waals surface area (Å²) in [4.78, 5) is 24.9. The number of rotatable bonds is 3. The van der Waals surface area contributed by atoms with Crippen molar-refractivity contribution in [3.63, 3.8) is 0 Å². The van der Waals surface area contributed by atoms with Gasteiger partial charge in [0, 0.05) is 23.9 Å². The van der Waals surface area contributed by atoms with Crippen molar-refractivity contribution in [2.45, 2.75) is 20.3 Å². The van der Waals surface area contributed by atoms with Gasteiger partial charge in [-0.15, -0.1) is 0 Å². The topological polar surface area (TPSA) is 80.0 Å². The minimum absolute atomic E-state index is 0.0496. The Morgan fingerprint density at radius 1 is 1.30 bits per heavy atom. The van der Waals surface area contributed by atoms with Gasteiger partial charge in [0.1, 0.15) is 6.26 Å². The minimum Gasteiger partial charge on any atom is -0.478 e. The Hall–Kier alpha value is -2.50. The number of hydrogen-bond acceptors (Lipinski definition) is 5. The van der Waals surface area contributed by atoms with Gasteiger partial charge in [-0.3, -0.25) is 0 Å². The molecule has 1 aromatic rings. The maximum Gasteiger partial charge on any atom is 0.335 e.